The smallest absolute Gasteiger partial charge is 0.450 e. The first kappa shape index (κ1) is 8.23. The van der Waals surface area contributed by atoms with E-state index in [2.05, 4.69) is 4.74 Å². The average Bonchev–Trinajstić information content (AvgIpc) is 1.63. The summed E-state index contributed by atoms with van der Waals surface area (Å²) in [6, 6.07) is 0. The van der Waals surface area contributed by atoms with Gasteiger partial charge in [0, 0.05) is 6.42 Å². The maximum Gasteiger partial charge on any atom is 0.505 e. The Morgan fingerprint density at radius 2 is 2.33 bits per heavy atom. The van der Waals surface area contributed by atoms with E-state index in [4.69, 9.17) is 10.2 Å². The van der Waals surface area contributed by atoms with E-state index in [1.165, 1.54) is 0 Å². The largest absolute Gasteiger partial charge is 0.505 e. The van der Waals surface area contributed by atoms with Crippen LogP contribution in [0.5, 0.6) is 0 Å². The van der Waals surface area contributed by atoms with Crippen molar-refractivity contribution in [2.45, 2.75) is 19.4 Å². The van der Waals surface area contributed by atoms with Crippen LogP contribution < -0.4 is 0 Å². The Labute approximate surface area is 53.1 Å². The minimum absolute atomic E-state index is 0.0625. The zero-order valence-electron chi connectivity index (χ0n) is 5.20. The van der Waals surface area contributed by atoms with E-state index in [0.29, 0.717) is 6.42 Å². The van der Waals surface area contributed by atoms with Gasteiger partial charge in [-0.2, -0.15) is 0 Å². The number of aliphatic hydroxyl groups excluding tert-OH is 1. The normalized spacial score (nSPS) is 12.7. The molecule has 54 valence electrons. The van der Waals surface area contributed by atoms with Gasteiger partial charge >= 0.3 is 6.16 Å². The highest BCUT2D eigenvalue weighted by Gasteiger charge is 1.98. The molecule has 1 unspecified atom stereocenters. The molecule has 0 saturated carbocycles. The van der Waals surface area contributed by atoms with Gasteiger partial charge in [-0.25, -0.2) is 4.79 Å². The molecule has 0 aliphatic heterocycles. The number of aliphatic hydroxyl groups is 1. The highest BCUT2D eigenvalue weighted by atomic mass is 16.7. The van der Waals surface area contributed by atoms with Crippen molar-refractivity contribution in [3.05, 3.63) is 0 Å². The molecule has 4 nitrogen and oxygen atoms in total. The van der Waals surface area contributed by atoms with Crippen LogP contribution in [0.3, 0.4) is 0 Å². The van der Waals surface area contributed by atoms with Gasteiger partial charge in [0.25, 0.3) is 0 Å². The first-order chi connectivity index (χ1) is 4.13. The Balaban J connectivity index is 3.01. The highest BCUT2D eigenvalue weighted by Crippen LogP contribution is 1.89. The van der Waals surface area contributed by atoms with Crippen molar-refractivity contribution in [1.29, 1.82) is 0 Å². The Morgan fingerprint density at radius 3 is 2.67 bits per heavy atom. The number of rotatable bonds is 3. The minimum Gasteiger partial charge on any atom is -0.450 e. The molecular formula is C5H10O4. The van der Waals surface area contributed by atoms with Gasteiger partial charge in [-0.3, -0.25) is 0 Å². The Bertz CT molecular complexity index is 89.0. The summed E-state index contributed by atoms with van der Waals surface area (Å²) < 4.78 is 4.11. The molecule has 0 fully saturated rings. The van der Waals surface area contributed by atoms with Crippen LogP contribution in [0.15, 0.2) is 0 Å². The van der Waals surface area contributed by atoms with Crippen molar-refractivity contribution in [2.24, 2.45) is 0 Å². The van der Waals surface area contributed by atoms with Crippen molar-refractivity contribution in [2.75, 3.05) is 6.61 Å². The van der Waals surface area contributed by atoms with Crippen molar-refractivity contribution >= 4 is 6.16 Å². The molecule has 0 radical (unpaired) electrons. The van der Waals surface area contributed by atoms with Crippen LogP contribution in [-0.2, 0) is 4.74 Å². The second-order valence-electron chi connectivity index (χ2n) is 1.75. The predicted molar refractivity (Wildman–Crippen MR) is 30.3 cm³/mol. The molecule has 0 aliphatic carbocycles. The Morgan fingerprint density at radius 1 is 1.78 bits per heavy atom. The molecule has 0 saturated heterocycles. The molecule has 0 aromatic heterocycles. The molecular weight excluding hydrogens is 124 g/mol. The fraction of sp³-hybridized carbons (Fsp3) is 0.800. The van der Waals surface area contributed by atoms with E-state index in [1.54, 1.807) is 6.92 Å². The van der Waals surface area contributed by atoms with Crippen LogP contribution in [0.25, 0.3) is 0 Å². The molecule has 0 amide bonds. The first-order valence-corrected chi connectivity index (χ1v) is 2.66. The fourth-order valence-electron chi connectivity index (χ4n) is 0.317. The van der Waals surface area contributed by atoms with E-state index >= 15 is 0 Å². The summed E-state index contributed by atoms with van der Waals surface area (Å²) in [5, 5.41) is 16.5. The standard InChI is InChI=1S/C5H10O4/c1-4(6)2-3-9-5(7)8/h4,6H,2-3H2,1H3,(H,7,8). The van der Waals surface area contributed by atoms with Gasteiger partial charge in [0.05, 0.1) is 12.7 Å². The summed E-state index contributed by atoms with van der Waals surface area (Å²) in [4.78, 5) is 9.68. The maximum atomic E-state index is 9.68. The third-order valence-corrected chi connectivity index (χ3v) is 0.761. The zero-order valence-corrected chi connectivity index (χ0v) is 5.20. The molecule has 2 N–H and O–H groups in total. The minimum atomic E-state index is -1.30. The third kappa shape index (κ3) is 7.23. The number of hydrogen-bond donors (Lipinski definition) is 2. The first-order valence-electron chi connectivity index (χ1n) is 2.66. The summed E-state index contributed by atoms with van der Waals surface area (Å²) in [5.41, 5.74) is 0. The van der Waals surface area contributed by atoms with E-state index in [9.17, 15) is 4.79 Å². The van der Waals surface area contributed by atoms with Crippen LogP contribution in [0.1, 0.15) is 13.3 Å². The quantitative estimate of drug-likeness (QED) is 0.550. The summed E-state index contributed by atoms with van der Waals surface area (Å²) in [6.45, 7) is 1.64. The topological polar surface area (TPSA) is 66.8 Å². The van der Waals surface area contributed by atoms with Crippen molar-refractivity contribution in [3.8, 4) is 0 Å². The van der Waals surface area contributed by atoms with Gasteiger partial charge in [-0.15, -0.1) is 0 Å². The zero-order chi connectivity index (χ0) is 7.28. The van der Waals surface area contributed by atoms with Crippen LogP contribution in [0.4, 0.5) is 4.79 Å². The monoisotopic (exact) mass is 134 g/mol. The molecule has 1 atom stereocenters. The van der Waals surface area contributed by atoms with Crippen LogP contribution in [-0.4, -0.2) is 29.1 Å². The lowest BCUT2D eigenvalue weighted by Gasteiger charge is -2.01. The van der Waals surface area contributed by atoms with Crippen molar-refractivity contribution < 1.29 is 19.7 Å². The van der Waals surface area contributed by atoms with E-state index in [0.717, 1.165) is 0 Å². The SMILES string of the molecule is CC(O)CCOC(=O)O. The van der Waals surface area contributed by atoms with Gasteiger partial charge in [-0.05, 0) is 6.92 Å². The van der Waals surface area contributed by atoms with Gasteiger partial charge in [0.1, 0.15) is 0 Å². The summed E-state index contributed by atoms with van der Waals surface area (Å²) in [6.07, 6.45) is -1.44. The van der Waals surface area contributed by atoms with Crippen molar-refractivity contribution in [1.82, 2.24) is 0 Å². The lowest BCUT2D eigenvalue weighted by Crippen LogP contribution is -2.08. The van der Waals surface area contributed by atoms with E-state index in [1.807, 2.05) is 0 Å². The lowest BCUT2D eigenvalue weighted by atomic mass is 10.3. The van der Waals surface area contributed by atoms with Crippen molar-refractivity contribution in [3.63, 3.8) is 0 Å². The number of carbonyl (C=O) groups is 1. The summed E-state index contributed by atoms with van der Waals surface area (Å²) in [5.74, 6) is 0. The Hall–Kier alpha value is -0.770. The average molecular weight is 134 g/mol. The van der Waals surface area contributed by atoms with E-state index < -0.39 is 12.3 Å². The lowest BCUT2D eigenvalue weighted by molar-refractivity contribution is 0.0747. The molecule has 4 heteroatoms. The van der Waals surface area contributed by atoms with Gasteiger partial charge in [0.15, 0.2) is 0 Å². The van der Waals surface area contributed by atoms with Crippen LogP contribution >= 0.6 is 0 Å². The molecule has 0 bridgehead atoms. The van der Waals surface area contributed by atoms with Crippen LogP contribution in [0.2, 0.25) is 0 Å². The highest BCUT2D eigenvalue weighted by molar-refractivity contribution is 5.56. The molecule has 9 heavy (non-hydrogen) atoms. The van der Waals surface area contributed by atoms with Gasteiger partial charge in [-0.1, -0.05) is 0 Å². The van der Waals surface area contributed by atoms with E-state index in [-0.39, 0.29) is 6.61 Å². The second kappa shape index (κ2) is 4.14. The number of ether oxygens (including phenoxy) is 1. The van der Waals surface area contributed by atoms with Gasteiger partial charge < -0.3 is 14.9 Å². The number of carboxylic acid groups (broad SMARTS) is 1. The second-order valence-corrected chi connectivity index (χ2v) is 1.75. The molecule has 0 rings (SSSR count). The van der Waals surface area contributed by atoms with Gasteiger partial charge in [0.2, 0.25) is 0 Å². The maximum absolute atomic E-state index is 9.68. The molecule has 0 spiro atoms. The number of hydrogen-bond acceptors (Lipinski definition) is 3. The fourth-order valence-corrected chi connectivity index (χ4v) is 0.317. The molecule has 0 heterocycles. The molecule has 0 aromatic rings. The molecule has 0 aliphatic rings. The Kier molecular flexibility index (Phi) is 3.79. The molecule has 0 aromatic carbocycles. The summed E-state index contributed by atoms with van der Waals surface area (Å²) in [7, 11) is 0. The third-order valence-electron chi connectivity index (χ3n) is 0.761. The predicted octanol–water partition coefficient (Wildman–Crippen LogP) is 0.452. The van der Waals surface area contributed by atoms with Crippen LogP contribution in [0, 0.1) is 0 Å². The summed E-state index contributed by atoms with van der Waals surface area (Å²) >= 11 is 0.